The van der Waals surface area contributed by atoms with Gasteiger partial charge in [-0.15, -0.1) is 0 Å². The number of nitrogens with zero attached hydrogens (tertiary/aromatic N) is 3. The minimum absolute atomic E-state index is 0.0757. The summed E-state index contributed by atoms with van der Waals surface area (Å²) in [5.74, 6) is 0.595. The van der Waals surface area contributed by atoms with Crippen molar-refractivity contribution in [2.75, 3.05) is 6.54 Å². The Kier molecular flexibility index (Phi) is 5.57. The molecule has 2 N–H and O–H groups in total. The minimum Gasteiger partial charge on any atom is -0.354 e. The van der Waals surface area contributed by atoms with Gasteiger partial charge in [0.1, 0.15) is 6.54 Å². The lowest BCUT2D eigenvalue weighted by molar-refractivity contribution is -0.121. The molecule has 0 aliphatic rings. The molecule has 0 radical (unpaired) electrons. The zero-order valence-electron chi connectivity index (χ0n) is 16.3. The maximum absolute atomic E-state index is 12.4. The van der Waals surface area contributed by atoms with E-state index in [9.17, 15) is 4.79 Å². The summed E-state index contributed by atoms with van der Waals surface area (Å²) in [6.45, 7) is 3.64. The lowest BCUT2D eigenvalue weighted by Crippen LogP contribution is -2.29. The molecular formula is C22H23N5OS. The Balaban J connectivity index is 1.34. The van der Waals surface area contributed by atoms with E-state index in [2.05, 4.69) is 44.5 Å². The molecule has 29 heavy (non-hydrogen) atoms. The van der Waals surface area contributed by atoms with Gasteiger partial charge in [0.2, 0.25) is 5.91 Å². The van der Waals surface area contributed by atoms with Crippen molar-refractivity contribution >= 4 is 29.0 Å². The molecule has 2 aromatic heterocycles. The van der Waals surface area contributed by atoms with Crippen molar-refractivity contribution in [3.8, 4) is 11.4 Å². The number of aryl methyl sites for hydroxylation is 2. The Morgan fingerprint density at radius 2 is 1.93 bits per heavy atom. The van der Waals surface area contributed by atoms with Gasteiger partial charge in [-0.3, -0.25) is 14.5 Å². The second-order valence-electron chi connectivity index (χ2n) is 7.08. The number of aromatic amines is 1. The SMILES string of the molecule is Cc1ccc(-c2n[nH]c(=S)n2CC(=O)NCCCn2ccc3ccccc32)cc1. The summed E-state index contributed by atoms with van der Waals surface area (Å²) in [6, 6.07) is 18.4. The van der Waals surface area contributed by atoms with Crippen molar-refractivity contribution in [1.82, 2.24) is 24.6 Å². The second kappa shape index (κ2) is 8.45. The van der Waals surface area contributed by atoms with E-state index in [0.29, 0.717) is 17.1 Å². The van der Waals surface area contributed by atoms with Crippen LogP contribution in [0.2, 0.25) is 0 Å². The number of hydrogen-bond acceptors (Lipinski definition) is 3. The van der Waals surface area contributed by atoms with Gasteiger partial charge < -0.3 is 9.88 Å². The van der Waals surface area contributed by atoms with Crippen LogP contribution in [0.15, 0.2) is 60.8 Å². The van der Waals surface area contributed by atoms with Crippen LogP contribution in [0.3, 0.4) is 0 Å². The van der Waals surface area contributed by atoms with Crippen LogP contribution >= 0.6 is 12.2 Å². The predicted octanol–water partition coefficient (Wildman–Crippen LogP) is 4.08. The maximum Gasteiger partial charge on any atom is 0.240 e. The van der Waals surface area contributed by atoms with Crippen molar-refractivity contribution < 1.29 is 4.79 Å². The van der Waals surface area contributed by atoms with Gasteiger partial charge in [0, 0.05) is 30.4 Å². The minimum atomic E-state index is -0.0757. The third-order valence-corrected chi connectivity index (χ3v) is 5.26. The molecule has 0 saturated heterocycles. The lowest BCUT2D eigenvalue weighted by Gasteiger charge is -2.09. The molecule has 0 spiro atoms. The summed E-state index contributed by atoms with van der Waals surface area (Å²) in [5, 5.41) is 11.3. The molecule has 2 aromatic carbocycles. The maximum atomic E-state index is 12.4. The second-order valence-corrected chi connectivity index (χ2v) is 7.46. The lowest BCUT2D eigenvalue weighted by atomic mass is 10.1. The van der Waals surface area contributed by atoms with Crippen LogP contribution in [0.1, 0.15) is 12.0 Å². The highest BCUT2D eigenvalue weighted by Crippen LogP contribution is 2.18. The first-order valence-corrected chi connectivity index (χ1v) is 10.1. The Morgan fingerprint density at radius 1 is 1.14 bits per heavy atom. The molecule has 0 unspecified atom stereocenters. The van der Waals surface area contributed by atoms with Crippen molar-refractivity contribution in [3.05, 3.63) is 71.1 Å². The molecule has 7 heteroatoms. The van der Waals surface area contributed by atoms with Crippen LogP contribution in [-0.2, 0) is 17.9 Å². The molecule has 148 valence electrons. The smallest absolute Gasteiger partial charge is 0.240 e. The fraction of sp³-hybridized carbons (Fsp3) is 0.227. The van der Waals surface area contributed by atoms with Crippen molar-refractivity contribution in [2.24, 2.45) is 0 Å². The molecule has 2 heterocycles. The quantitative estimate of drug-likeness (QED) is 0.360. The van der Waals surface area contributed by atoms with Crippen LogP contribution in [0.5, 0.6) is 0 Å². The third-order valence-electron chi connectivity index (χ3n) is 4.95. The molecule has 4 rings (SSSR count). The average molecular weight is 406 g/mol. The van der Waals surface area contributed by atoms with E-state index in [1.807, 2.05) is 43.3 Å². The number of aromatic nitrogens is 4. The fourth-order valence-electron chi connectivity index (χ4n) is 3.40. The largest absolute Gasteiger partial charge is 0.354 e. The Bertz CT molecular complexity index is 1190. The number of fused-ring (bicyclic) bond motifs is 1. The molecule has 6 nitrogen and oxygen atoms in total. The summed E-state index contributed by atoms with van der Waals surface area (Å²) in [7, 11) is 0. The molecule has 0 bridgehead atoms. The van der Waals surface area contributed by atoms with Crippen molar-refractivity contribution in [3.63, 3.8) is 0 Å². The van der Waals surface area contributed by atoms with Gasteiger partial charge in [0.25, 0.3) is 0 Å². The van der Waals surface area contributed by atoms with Gasteiger partial charge in [-0.25, -0.2) is 0 Å². The number of benzene rings is 2. The van der Waals surface area contributed by atoms with Gasteiger partial charge in [0.15, 0.2) is 10.6 Å². The average Bonchev–Trinajstić information content (AvgIpc) is 3.30. The zero-order valence-corrected chi connectivity index (χ0v) is 17.1. The normalized spacial score (nSPS) is 11.1. The molecule has 0 fully saturated rings. The molecule has 1 amide bonds. The molecular weight excluding hydrogens is 382 g/mol. The molecule has 0 saturated carbocycles. The highest BCUT2D eigenvalue weighted by atomic mass is 32.1. The van der Waals surface area contributed by atoms with Crippen LogP contribution < -0.4 is 5.32 Å². The van der Waals surface area contributed by atoms with Gasteiger partial charge in [-0.1, -0.05) is 48.0 Å². The van der Waals surface area contributed by atoms with E-state index in [1.54, 1.807) is 4.57 Å². The number of amides is 1. The van der Waals surface area contributed by atoms with E-state index >= 15 is 0 Å². The highest BCUT2D eigenvalue weighted by molar-refractivity contribution is 7.71. The first kappa shape index (κ1) is 19.1. The van der Waals surface area contributed by atoms with Gasteiger partial charge in [0.05, 0.1) is 0 Å². The number of carbonyl (C=O) groups is 1. The van der Waals surface area contributed by atoms with E-state index in [-0.39, 0.29) is 12.5 Å². The summed E-state index contributed by atoms with van der Waals surface area (Å²) < 4.78 is 4.38. The standard InChI is InChI=1S/C22H23N5OS/c1-16-7-9-18(10-8-16)21-24-25-22(29)27(21)15-20(28)23-12-4-13-26-14-11-17-5-2-3-6-19(17)26/h2-3,5-11,14H,4,12-13,15H2,1H3,(H,23,28)(H,25,29). The summed E-state index contributed by atoms with van der Waals surface area (Å²) in [4.78, 5) is 12.4. The van der Waals surface area contributed by atoms with Gasteiger partial charge in [-0.2, -0.15) is 5.10 Å². The molecule has 0 aliphatic carbocycles. The summed E-state index contributed by atoms with van der Waals surface area (Å²) >= 11 is 5.31. The van der Waals surface area contributed by atoms with Crippen molar-refractivity contribution in [2.45, 2.75) is 26.4 Å². The zero-order chi connectivity index (χ0) is 20.2. The third kappa shape index (κ3) is 4.30. The van der Waals surface area contributed by atoms with Crippen molar-refractivity contribution in [1.29, 1.82) is 0 Å². The van der Waals surface area contributed by atoms with Crippen LogP contribution in [0, 0.1) is 11.7 Å². The fourth-order valence-corrected chi connectivity index (χ4v) is 3.60. The monoisotopic (exact) mass is 405 g/mol. The van der Waals surface area contributed by atoms with E-state index in [0.717, 1.165) is 18.5 Å². The molecule has 0 atom stereocenters. The number of rotatable bonds is 7. The topological polar surface area (TPSA) is 67.6 Å². The number of nitrogens with one attached hydrogen (secondary N) is 2. The van der Waals surface area contributed by atoms with Crippen LogP contribution in [0.4, 0.5) is 0 Å². The van der Waals surface area contributed by atoms with E-state index < -0.39 is 0 Å². The van der Waals surface area contributed by atoms with Gasteiger partial charge >= 0.3 is 0 Å². The number of H-pyrrole nitrogens is 1. The Morgan fingerprint density at radius 3 is 2.76 bits per heavy atom. The Labute approximate surface area is 174 Å². The molecule has 4 aromatic rings. The van der Waals surface area contributed by atoms with Gasteiger partial charge in [-0.05, 0) is 43.1 Å². The first-order chi connectivity index (χ1) is 14.1. The number of hydrogen-bond donors (Lipinski definition) is 2. The first-order valence-electron chi connectivity index (χ1n) is 9.64. The highest BCUT2D eigenvalue weighted by Gasteiger charge is 2.12. The number of para-hydroxylation sites is 1. The van der Waals surface area contributed by atoms with Crippen LogP contribution in [0.25, 0.3) is 22.3 Å². The van der Waals surface area contributed by atoms with E-state index in [4.69, 9.17) is 12.2 Å². The number of carbonyl (C=O) groups excluding carboxylic acids is 1. The summed E-state index contributed by atoms with van der Waals surface area (Å²) in [6.07, 6.45) is 2.94. The summed E-state index contributed by atoms with van der Waals surface area (Å²) in [5.41, 5.74) is 3.31. The predicted molar refractivity (Wildman–Crippen MR) is 117 cm³/mol. The van der Waals surface area contributed by atoms with Crippen LogP contribution in [-0.4, -0.2) is 31.8 Å². The molecule has 0 aliphatic heterocycles. The Hall–Kier alpha value is -3.19. The van der Waals surface area contributed by atoms with E-state index in [1.165, 1.54) is 16.5 Å².